The summed E-state index contributed by atoms with van der Waals surface area (Å²) in [5.41, 5.74) is 5.67. The molecule has 2 N–H and O–H groups in total. The molecule has 0 radical (unpaired) electrons. The zero-order valence-corrected chi connectivity index (χ0v) is 12.5. The largest absolute Gasteiger partial charge is 0.365 e. The van der Waals surface area contributed by atoms with Crippen LogP contribution in [-0.2, 0) is 9.47 Å². The Bertz CT molecular complexity index is 560. The summed E-state index contributed by atoms with van der Waals surface area (Å²) in [6.45, 7) is 3.93. The molecule has 1 amide bonds. The second-order valence-electron chi connectivity index (χ2n) is 5.41. The molecule has 1 unspecified atom stereocenters. The molecule has 21 heavy (non-hydrogen) atoms. The first-order valence-electron chi connectivity index (χ1n) is 6.89. The van der Waals surface area contributed by atoms with E-state index in [-0.39, 0.29) is 16.8 Å². The third kappa shape index (κ3) is 2.81. The minimum Gasteiger partial charge on any atom is -0.365 e. The highest BCUT2D eigenvalue weighted by atomic mass is 35.5. The molecular formula is C13H17ClN4O3. The lowest BCUT2D eigenvalue weighted by molar-refractivity contribution is -0.178. The molecule has 1 atom stereocenters. The topological polar surface area (TPSA) is 90.6 Å². The van der Waals surface area contributed by atoms with Crippen molar-refractivity contribution in [2.45, 2.75) is 31.7 Å². The van der Waals surface area contributed by atoms with Gasteiger partial charge in [-0.15, -0.1) is 10.2 Å². The highest BCUT2D eigenvalue weighted by Gasteiger charge is 2.43. The second-order valence-corrected chi connectivity index (χ2v) is 5.79. The van der Waals surface area contributed by atoms with Crippen LogP contribution in [0.15, 0.2) is 6.07 Å². The number of nitrogens with two attached hydrogens (primary N) is 1. The van der Waals surface area contributed by atoms with Crippen LogP contribution in [0.3, 0.4) is 0 Å². The number of hydrogen-bond donors (Lipinski definition) is 1. The van der Waals surface area contributed by atoms with Crippen molar-refractivity contribution in [1.82, 2.24) is 10.2 Å². The van der Waals surface area contributed by atoms with Crippen molar-refractivity contribution in [1.29, 1.82) is 0 Å². The van der Waals surface area contributed by atoms with E-state index in [0.29, 0.717) is 38.4 Å². The fourth-order valence-corrected chi connectivity index (χ4v) is 2.95. The number of carbonyl (C=O) groups excluding carboxylic acids is 1. The van der Waals surface area contributed by atoms with E-state index >= 15 is 0 Å². The van der Waals surface area contributed by atoms with Crippen molar-refractivity contribution in [2.24, 2.45) is 5.73 Å². The van der Waals surface area contributed by atoms with Gasteiger partial charge in [-0.1, -0.05) is 11.6 Å². The van der Waals surface area contributed by atoms with Gasteiger partial charge in [0.25, 0.3) is 5.91 Å². The molecule has 8 heteroatoms. The molecule has 3 heterocycles. The predicted octanol–water partition coefficient (Wildman–Crippen LogP) is 0.961. The van der Waals surface area contributed by atoms with Crippen molar-refractivity contribution in [2.75, 3.05) is 24.6 Å². The number of hydrogen-bond acceptors (Lipinski definition) is 6. The van der Waals surface area contributed by atoms with E-state index < -0.39 is 11.7 Å². The number of anilines is 1. The number of primary amides is 1. The summed E-state index contributed by atoms with van der Waals surface area (Å²) in [5.74, 6) is -0.597. The lowest BCUT2D eigenvalue weighted by Gasteiger charge is -2.38. The maximum atomic E-state index is 11.5. The summed E-state index contributed by atoms with van der Waals surface area (Å²) in [7, 11) is 0. The Kier molecular flexibility index (Phi) is 3.73. The first-order chi connectivity index (χ1) is 9.99. The minimum absolute atomic E-state index is 0.119. The Morgan fingerprint density at radius 3 is 2.76 bits per heavy atom. The molecule has 7 nitrogen and oxygen atoms in total. The average molecular weight is 313 g/mol. The number of carbonyl (C=O) groups is 1. The summed E-state index contributed by atoms with van der Waals surface area (Å²) in [6.07, 6.45) is 1.53. The summed E-state index contributed by atoms with van der Waals surface area (Å²) in [6, 6.07) is 1.45. The van der Waals surface area contributed by atoms with Gasteiger partial charge >= 0.3 is 0 Å². The van der Waals surface area contributed by atoms with Gasteiger partial charge in [0.1, 0.15) is 0 Å². The summed E-state index contributed by atoms with van der Waals surface area (Å²) in [4.78, 5) is 13.5. The summed E-state index contributed by atoms with van der Waals surface area (Å²) >= 11 is 5.77. The van der Waals surface area contributed by atoms with E-state index in [1.807, 2.05) is 11.8 Å². The quantitative estimate of drug-likeness (QED) is 0.874. The average Bonchev–Trinajstić information content (AvgIpc) is 2.81. The molecule has 1 aromatic rings. The number of rotatable bonds is 2. The Morgan fingerprint density at radius 1 is 1.48 bits per heavy atom. The minimum atomic E-state index is -0.566. The number of piperidine rings is 1. The summed E-state index contributed by atoms with van der Waals surface area (Å²) in [5, 5.41) is 7.97. The van der Waals surface area contributed by atoms with Crippen LogP contribution >= 0.6 is 11.6 Å². The van der Waals surface area contributed by atoms with Crippen LogP contribution in [0.2, 0.25) is 5.15 Å². The van der Waals surface area contributed by atoms with Crippen molar-refractivity contribution in [3.05, 3.63) is 16.8 Å². The molecule has 0 saturated carbocycles. The second kappa shape index (κ2) is 5.40. The molecule has 2 aliphatic heterocycles. The lowest BCUT2D eigenvalue weighted by atomic mass is 10.0. The van der Waals surface area contributed by atoms with Crippen molar-refractivity contribution in [3.63, 3.8) is 0 Å². The molecule has 0 bridgehead atoms. The molecule has 3 rings (SSSR count). The fourth-order valence-electron chi connectivity index (χ4n) is 2.80. The van der Waals surface area contributed by atoms with Crippen LogP contribution in [0, 0.1) is 0 Å². The molecule has 2 aliphatic rings. The zero-order chi connectivity index (χ0) is 15.0. The van der Waals surface area contributed by atoms with E-state index in [9.17, 15) is 4.79 Å². The molecule has 1 spiro atoms. The normalized spacial score (nSPS) is 24.5. The molecule has 114 valence electrons. The predicted molar refractivity (Wildman–Crippen MR) is 76.2 cm³/mol. The van der Waals surface area contributed by atoms with Gasteiger partial charge in [-0.2, -0.15) is 0 Å². The van der Waals surface area contributed by atoms with E-state index in [4.69, 9.17) is 26.8 Å². The van der Waals surface area contributed by atoms with Crippen LogP contribution < -0.4 is 10.6 Å². The highest BCUT2D eigenvalue weighted by molar-refractivity contribution is 6.29. The van der Waals surface area contributed by atoms with Gasteiger partial charge in [0.05, 0.1) is 18.3 Å². The van der Waals surface area contributed by atoms with Crippen molar-refractivity contribution >= 4 is 23.3 Å². The molecule has 0 aromatic carbocycles. The van der Waals surface area contributed by atoms with Gasteiger partial charge in [0, 0.05) is 25.9 Å². The maximum absolute atomic E-state index is 11.5. The number of amides is 1. The Labute approximate surface area is 127 Å². The third-order valence-corrected chi connectivity index (χ3v) is 4.02. The highest BCUT2D eigenvalue weighted by Crippen LogP contribution is 2.35. The molecule has 0 aliphatic carbocycles. The standard InChI is InChI=1S/C13H17ClN4O3/c1-8-7-20-13(21-8)2-4-18(5-3-13)12-9(11(15)19)6-10(14)16-17-12/h6,8H,2-5,7H2,1H3,(H2,15,19). The number of aromatic nitrogens is 2. The number of nitrogens with zero attached hydrogens (tertiary/aromatic N) is 3. The van der Waals surface area contributed by atoms with Crippen LogP contribution in [-0.4, -0.2) is 47.7 Å². The van der Waals surface area contributed by atoms with Crippen LogP contribution in [0.25, 0.3) is 0 Å². The molecule has 2 fully saturated rings. The first kappa shape index (κ1) is 14.5. The van der Waals surface area contributed by atoms with Crippen molar-refractivity contribution in [3.8, 4) is 0 Å². The smallest absolute Gasteiger partial charge is 0.252 e. The van der Waals surface area contributed by atoms with Crippen LogP contribution in [0.5, 0.6) is 0 Å². The lowest BCUT2D eigenvalue weighted by Crippen LogP contribution is -2.46. The van der Waals surface area contributed by atoms with Gasteiger partial charge in [0.2, 0.25) is 0 Å². The monoisotopic (exact) mass is 312 g/mol. The van der Waals surface area contributed by atoms with Crippen LogP contribution in [0.1, 0.15) is 30.1 Å². The summed E-state index contributed by atoms with van der Waals surface area (Å²) < 4.78 is 11.7. The van der Waals surface area contributed by atoms with E-state index in [2.05, 4.69) is 10.2 Å². The van der Waals surface area contributed by atoms with Gasteiger partial charge in [-0.3, -0.25) is 4.79 Å². The Hall–Kier alpha value is -1.44. The van der Waals surface area contributed by atoms with Gasteiger partial charge in [-0.25, -0.2) is 0 Å². The molecule has 1 aromatic heterocycles. The fraction of sp³-hybridized carbons (Fsp3) is 0.615. The van der Waals surface area contributed by atoms with Gasteiger partial charge in [0.15, 0.2) is 16.8 Å². The van der Waals surface area contributed by atoms with Gasteiger partial charge in [-0.05, 0) is 13.0 Å². The SMILES string of the molecule is CC1COC2(CCN(c3nnc(Cl)cc3C(N)=O)CC2)O1. The number of ether oxygens (including phenoxy) is 2. The van der Waals surface area contributed by atoms with E-state index in [1.54, 1.807) is 0 Å². The van der Waals surface area contributed by atoms with Crippen LogP contribution in [0.4, 0.5) is 5.82 Å². The molecular weight excluding hydrogens is 296 g/mol. The maximum Gasteiger partial charge on any atom is 0.252 e. The zero-order valence-electron chi connectivity index (χ0n) is 11.7. The Morgan fingerprint density at radius 2 is 2.19 bits per heavy atom. The van der Waals surface area contributed by atoms with E-state index in [1.165, 1.54) is 6.07 Å². The number of halogens is 1. The molecule has 2 saturated heterocycles. The van der Waals surface area contributed by atoms with Crippen molar-refractivity contribution < 1.29 is 14.3 Å². The van der Waals surface area contributed by atoms with E-state index in [0.717, 1.165) is 0 Å². The Balaban J connectivity index is 1.77. The van der Waals surface area contributed by atoms with Gasteiger partial charge < -0.3 is 20.1 Å². The first-order valence-corrected chi connectivity index (χ1v) is 7.27. The third-order valence-electron chi connectivity index (χ3n) is 3.83.